The van der Waals surface area contributed by atoms with Crippen LogP contribution in [0.2, 0.25) is 0 Å². The maximum Gasteiger partial charge on any atom is 0.417 e. The lowest BCUT2D eigenvalue weighted by atomic mass is 9.57. The molecular formula is C22H20F3NO3. The molecule has 7 heteroatoms. The van der Waals surface area contributed by atoms with Gasteiger partial charge in [0.15, 0.2) is 5.60 Å². The minimum Gasteiger partial charge on any atom is -0.448 e. The van der Waals surface area contributed by atoms with Crippen LogP contribution in [0.4, 0.5) is 18.0 Å². The highest BCUT2D eigenvalue weighted by atomic mass is 19.4. The van der Waals surface area contributed by atoms with Crippen LogP contribution < -0.4 is 0 Å². The Hall–Kier alpha value is -2.54. The van der Waals surface area contributed by atoms with E-state index in [4.69, 9.17) is 4.74 Å². The molecule has 0 spiro atoms. The quantitative estimate of drug-likeness (QED) is 0.819. The Labute approximate surface area is 165 Å². The first-order valence-corrected chi connectivity index (χ1v) is 9.69. The van der Waals surface area contributed by atoms with Crippen LogP contribution in [0.1, 0.15) is 23.5 Å². The molecule has 4 aliphatic rings. The lowest BCUT2D eigenvalue weighted by Gasteiger charge is -2.58. The van der Waals surface area contributed by atoms with Gasteiger partial charge >= 0.3 is 12.3 Å². The van der Waals surface area contributed by atoms with E-state index in [1.807, 2.05) is 48.5 Å². The molecule has 0 radical (unpaired) electrons. The molecule has 6 rings (SSSR count). The van der Waals surface area contributed by atoms with Gasteiger partial charge in [-0.1, -0.05) is 48.5 Å². The number of alkyl halides is 3. The molecule has 0 aromatic heterocycles. The first kappa shape index (κ1) is 18.5. The summed E-state index contributed by atoms with van der Waals surface area (Å²) in [6.07, 6.45) is -5.01. The van der Waals surface area contributed by atoms with Gasteiger partial charge < -0.3 is 14.7 Å². The van der Waals surface area contributed by atoms with Crippen molar-refractivity contribution in [3.63, 3.8) is 0 Å². The van der Waals surface area contributed by atoms with Crippen molar-refractivity contribution in [1.29, 1.82) is 0 Å². The van der Waals surface area contributed by atoms with E-state index in [1.54, 1.807) is 0 Å². The minimum atomic E-state index is -4.67. The summed E-state index contributed by atoms with van der Waals surface area (Å²) >= 11 is 0. The van der Waals surface area contributed by atoms with Gasteiger partial charge in [-0.25, -0.2) is 4.79 Å². The van der Waals surface area contributed by atoms with E-state index in [9.17, 15) is 23.1 Å². The summed E-state index contributed by atoms with van der Waals surface area (Å²) in [6, 6.07) is 15.9. The molecule has 1 amide bonds. The van der Waals surface area contributed by atoms with E-state index in [2.05, 4.69) is 0 Å². The molecule has 2 heterocycles. The van der Waals surface area contributed by atoms with Crippen molar-refractivity contribution in [1.82, 2.24) is 4.90 Å². The summed E-state index contributed by atoms with van der Waals surface area (Å²) in [5, 5.41) is 10.0. The Bertz CT molecular complexity index is 916. The summed E-state index contributed by atoms with van der Waals surface area (Å²) in [4.78, 5) is 13.8. The number of carbonyl (C=O) groups is 1. The van der Waals surface area contributed by atoms with Crippen molar-refractivity contribution < 1.29 is 27.8 Å². The van der Waals surface area contributed by atoms with E-state index < -0.39 is 29.7 Å². The van der Waals surface area contributed by atoms with E-state index in [-0.39, 0.29) is 32.0 Å². The lowest BCUT2D eigenvalue weighted by molar-refractivity contribution is -0.349. The Morgan fingerprint density at radius 1 is 1.03 bits per heavy atom. The highest BCUT2D eigenvalue weighted by molar-refractivity contribution is 5.79. The monoisotopic (exact) mass is 403 g/mol. The normalized spacial score (nSPS) is 27.8. The summed E-state index contributed by atoms with van der Waals surface area (Å²) in [6.45, 7) is -0.144. The van der Waals surface area contributed by atoms with Gasteiger partial charge in [-0.3, -0.25) is 0 Å². The van der Waals surface area contributed by atoms with Gasteiger partial charge in [0, 0.05) is 30.8 Å². The lowest BCUT2D eigenvalue weighted by Crippen LogP contribution is -2.73. The number of ether oxygens (including phenoxy) is 1. The standard InChI is InChI=1S/C22H20F3NO3/c23-22(24,25)21(28)13-9-14(21)11-26(10-13)20(27)29-12-19-17-7-3-1-5-15(17)16-6-2-4-8-18(16)19/h1-8,13-14,19,28H,9-12H2. The van der Waals surface area contributed by atoms with Gasteiger partial charge in [0.2, 0.25) is 0 Å². The zero-order valence-corrected chi connectivity index (χ0v) is 15.5. The van der Waals surface area contributed by atoms with Crippen molar-refractivity contribution in [2.45, 2.75) is 24.1 Å². The molecule has 2 saturated heterocycles. The van der Waals surface area contributed by atoms with Crippen molar-refractivity contribution in [2.75, 3.05) is 19.7 Å². The van der Waals surface area contributed by atoms with Gasteiger partial charge in [-0.05, 0) is 28.7 Å². The number of halogens is 3. The summed E-state index contributed by atoms with van der Waals surface area (Å²) in [5.41, 5.74) is 1.70. The van der Waals surface area contributed by atoms with Gasteiger partial charge in [0.25, 0.3) is 0 Å². The Balaban J connectivity index is 1.28. The second-order valence-corrected chi connectivity index (χ2v) is 8.16. The van der Waals surface area contributed by atoms with Crippen LogP contribution in [0.15, 0.2) is 48.5 Å². The smallest absolute Gasteiger partial charge is 0.417 e. The van der Waals surface area contributed by atoms with Crippen LogP contribution in [0, 0.1) is 11.8 Å². The number of rotatable bonds is 2. The Morgan fingerprint density at radius 2 is 1.55 bits per heavy atom. The fourth-order valence-electron chi connectivity index (χ4n) is 5.21. The SMILES string of the molecule is O=C(OCC1c2ccccc2-c2ccccc21)N1CC2CC(C1)C2(O)C(F)(F)F. The molecule has 4 nitrogen and oxygen atoms in total. The molecule has 1 saturated carbocycles. The fourth-order valence-corrected chi connectivity index (χ4v) is 5.21. The highest BCUT2D eigenvalue weighted by Crippen LogP contribution is 2.56. The Kier molecular flexibility index (Phi) is 3.97. The number of benzene rings is 2. The molecule has 1 N–H and O–H groups in total. The number of fused-ring (bicyclic) bond motifs is 5. The number of carbonyl (C=O) groups excluding carboxylic acids is 1. The van der Waals surface area contributed by atoms with E-state index in [1.165, 1.54) is 4.90 Å². The summed E-state index contributed by atoms with van der Waals surface area (Å²) in [7, 11) is 0. The number of hydrogen-bond acceptors (Lipinski definition) is 3. The largest absolute Gasteiger partial charge is 0.448 e. The van der Waals surface area contributed by atoms with Crippen LogP contribution >= 0.6 is 0 Å². The maximum absolute atomic E-state index is 13.2. The molecule has 2 aromatic carbocycles. The average Bonchev–Trinajstić information content (AvgIpc) is 3.04. The zero-order chi connectivity index (χ0) is 20.4. The van der Waals surface area contributed by atoms with Crippen LogP contribution in [0.3, 0.4) is 0 Å². The van der Waals surface area contributed by atoms with Crippen molar-refractivity contribution >= 4 is 6.09 Å². The van der Waals surface area contributed by atoms with E-state index in [0.29, 0.717) is 0 Å². The van der Waals surface area contributed by atoms with Crippen LogP contribution in [-0.2, 0) is 4.74 Å². The number of nitrogens with zero attached hydrogens (tertiary/aromatic N) is 1. The molecule has 29 heavy (non-hydrogen) atoms. The van der Waals surface area contributed by atoms with Gasteiger partial charge in [0.1, 0.15) is 6.61 Å². The summed E-state index contributed by atoms with van der Waals surface area (Å²) in [5.74, 6) is -2.07. The average molecular weight is 403 g/mol. The van der Waals surface area contributed by atoms with Crippen molar-refractivity contribution in [2.24, 2.45) is 11.8 Å². The van der Waals surface area contributed by atoms with Crippen molar-refractivity contribution in [3.8, 4) is 11.1 Å². The molecule has 3 fully saturated rings. The molecular weight excluding hydrogens is 383 g/mol. The van der Waals surface area contributed by atoms with Crippen molar-refractivity contribution in [3.05, 3.63) is 59.7 Å². The van der Waals surface area contributed by atoms with Crippen LogP contribution in [-0.4, -0.2) is 47.6 Å². The molecule has 2 aliphatic heterocycles. The first-order chi connectivity index (χ1) is 13.8. The second kappa shape index (κ2) is 6.23. The Morgan fingerprint density at radius 3 is 2.07 bits per heavy atom. The third-order valence-electron chi connectivity index (χ3n) is 6.74. The zero-order valence-electron chi connectivity index (χ0n) is 15.5. The van der Waals surface area contributed by atoms with Crippen LogP contribution in [0.25, 0.3) is 11.1 Å². The third kappa shape index (κ3) is 2.60. The molecule has 152 valence electrons. The predicted molar refractivity (Wildman–Crippen MR) is 99.2 cm³/mol. The number of amides is 1. The fraction of sp³-hybridized carbons (Fsp3) is 0.409. The molecule has 2 bridgehead atoms. The molecule has 2 aromatic rings. The van der Waals surface area contributed by atoms with E-state index >= 15 is 0 Å². The molecule has 2 atom stereocenters. The van der Waals surface area contributed by atoms with Gasteiger partial charge in [-0.2, -0.15) is 13.2 Å². The van der Waals surface area contributed by atoms with Gasteiger partial charge in [0.05, 0.1) is 0 Å². The van der Waals surface area contributed by atoms with E-state index in [0.717, 1.165) is 22.3 Å². The third-order valence-corrected chi connectivity index (χ3v) is 6.74. The number of piperidine rings is 2. The topological polar surface area (TPSA) is 49.8 Å². The number of aliphatic hydroxyl groups is 1. The first-order valence-electron chi connectivity index (χ1n) is 9.69. The van der Waals surface area contributed by atoms with Gasteiger partial charge in [-0.15, -0.1) is 0 Å². The summed E-state index contributed by atoms with van der Waals surface area (Å²) < 4.78 is 45.1. The predicted octanol–water partition coefficient (Wildman–Crippen LogP) is 4.18. The number of hydrogen-bond donors (Lipinski definition) is 1. The second-order valence-electron chi connectivity index (χ2n) is 8.16. The minimum absolute atomic E-state index is 0.0993. The van der Waals surface area contributed by atoms with Crippen LogP contribution in [0.5, 0.6) is 0 Å². The molecule has 2 aliphatic carbocycles. The highest BCUT2D eigenvalue weighted by Gasteiger charge is 2.71. The molecule has 2 unspecified atom stereocenters. The maximum atomic E-state index is 13.2.